The molecular formula is C17H26N2O4S. The molecule has 1 aliphatic rings. The predicted octanol–water partition coefficient (Wildman–Crippen LogP) is 1.86. The van der Waals surface area contributed by atoms with Gasteiger partial charge in [-0.2, -0.15) is 11.8 Å². The van der Waals surface area contributed by atoms with Crippen LogP contribution in [0.3, 0.4) is 0 Å². The minimum Gasteiger partial charge on any atom is -0.456 e. The van der Waals surface area contributed by atoms with Crippen LogP contribution in [0.25, 0.3) is 0 Å². The molecule has 0 aliphatic heterocycles. The molecule has 1 saturated carbocycles. The number of hydrogen-bond donors (Lipinski definition) is 3. The van der Waals surface area contributed by atoms with Gasteiger partial charge in [0.25, 0.3) is 5.91 Å². The predicted molar refractivity (Wildman–Crippen MR) is 94.1 cm³/mol. The average Bonchev–Trinajstić information content (AvgIpc) is 3.22. The van der Waals surface area contributed by atoms with Crippen molar-refractivity contribution in [3.63, 3.8) is 0 Å². The molecule has 0 aromatic carbocycles. The summed E-state index contributed by atoms with van der Waals surface area (Å²) in [6.45, 7) is 1.95. The molecule has 1 aliphatic carbocycles. The van der Waals surface area contributed by atoms with E-state index in [4.69, 9.17) is 4.42 Å². The van der Waals surface area contributed by atoms with Crippen LogP contribution in [0, 0.1) is 6.92 Å². The van der Waals surface area contributed by atoms with Crippen molar-refractivity contribution < 1.29 is 19.1 Å². The van der Waals surface area contributed by atoms with E-state index in [1.807, 2.05) is 11.8 Å². The van der Waals surface area contributed by atoms with E-state index in [1.165, 1.54) is 25.7 Å². The maximum atomic E-state index is 11.8. The summed E-state index contributed by atoms with van der Waals surface area (Å²) in [5.74, 6) is 1.26. The van der Waals surface area contributed by atoms with Gasteiger partial charge in [-0.15, -0.1) is 0 Å². The Balaban J connectivity index is 1.54. The highest BCUT2D eigenvalue weighted by molar-refractivity contribution is 7.99. The summed E-state index contributed by atoms with van der Waals surface area (Å²) in [7, 11) is 0. The third kappa shape index (κ3) is 6.57. The average molecular weight is 354 g/mol. The molecule has 3 N–H and O–H groups in total. The minimum atomic E-state index is -0.823. The molecule has 0 bridgehead atoms. The summed E-state index contributed by atoms with van der Waals surface area (Å²) in [6, 6.07) is 3.29. The van der Waals surface area contributed by atoms with Gasteiger partial charge in [0.1, 0.15) is 5.76 Å². The molecule has 24 heavy (non-hydrogen) atoms. The Kier molecular flexibility index (Phi) is 7.65. The molecule has 2 amide bonds. The first-order chi connectivity index (χ1) is 11.5. The van der Waals surface area contributed by atoms with Crippen molar-refractivity contribution in [1.29, 1.82) is 0 Å². The number of amides is 2. The van der Waals surface area contributed by atoms with Crippen molar-refractivity contribution in [3.8, 4) is 0 Å². The highest BCUT2D eigenvalue weighted by Crippen LogP contribution is 2.29. The van der Waals surface area contributed by atoms with E-state index < -0.39 is 6.10 Å². The monoisotopic (exact) mass is 354 g/mol. The Morgan fingerprint density at radius 1 is 1.29 bits per heavy atom. The van der Waals surface area contributed by atoms with E-state index in [2.05, 4.69) is 10.6 Å². The van der Waals surface area contributed by atoms with E-state index in [-0.39, 0.29) is 30.7 Å². The van der Waals surface area contributed by atoms with E-state index in [1.54, 1.807) is 19.1 Å². The molecule has 1 heterocycles. The van der Waals surface area contributed by atoms with Gasteiger partial charge in [-0.05, 0) is 31.9 Å². The smallest absolute Gasteiger partial charge is 0.287 e. The van der Waals surface area contributed by atoms with Gasteiger partial charge in [0, 0.05) is 30.5 Å². The van der Waals surface area contributed by atoms with Crippen LogP contribution in [-0.2, 0) is 4.79 Å². The molecule has 2 rings (SSSR count). The van der Waals surface area contributed by atoms with Gasteiger partial charge in [0.15, 0.2) is 5.76 Å². The first-order valence-corrected chi connectivity index (χ1v) is 9.50. The molecule has 1 unspecified atom stereocenters. The van der Waals surface area contributed by atoms with Crippen LogP contribution in [0.4, 0.5) is 0 Å². The van der Waals surface area contributed by atoms with Gasteiger partial charge in [-0.3, -0.25) is 9.59 Å². The number of thioether (sulfide) groups is 1. The Morgan fingerprint density at radius 3 is 2.67 bits per heavy atom. The molecule has 6 nitrogen and oxygen atoms in total. The number of nitrogens with one attached hydrogen (secondary N) is 2. The van der Waals surface area contributed by atoms with Crippen LogP contribution >= 0.6 is 11.8 Å². The zero-order valence-corrected chi connectivity index (χ0v) is 14.9. The summed E-state index contributed by atoms with van der Waals surface area (Å²) in [5, 5.41) is 15.8. The van der Waals surface area contributed by atoms with Crippen molar-refractivity contribution in [2.45, 2.75) is 50.4 Å². The van der Waals surface area contributed by atoms with Gasteiger partial charge in [-0.25, -0.2) is 0 Å². The van der Waals surface area contributed by atoms with Crippen molar-refractivity contribution >= 4 is 23.6 Å². The second-order valence-electron chi connectivity index (χ2n) is 6.11. The number of aryl methyl sites for hydroxylation is 1. The van der Waals surface area contributed by atoms with Gasteiger partial charge < -0.3 is 20.2 Å². The SMILES string of the molecule is Cc1ccc(C(=O)NCC(O)CNC(=O)CCSC2CCCC2)o1. The summed E-state index contributed by atoms with van der Waals surface area (Å²) < 4.78 is 5.20. The highest BCUT2D eigenvalue weighted by Gasteiger charge is 2.16. The molecule has 1 fully saturated rings. The molecule has 1 aromatic heterocycles. The van der Waals surface area contributed by atoms with Crippen LogP contribution in [-0.4, -0.2) is 47.1 Å². The number of aliphatic hydroxyl groups is 1. The van der Waals surface area contributed by atoms with Gasteiger partial charge in [-0.1, -0.05) is 12.8 Å². The van der Waals surface area contributed by atoms with Crippen LogP contribution in [0.15, 0.2) is 16.5 Å². The topological polar surface area (TPSA) is 91.6 Å². The quantitative estimate of drug-likeness (QED) is 0.630. The number of aliphatic hydroxyl groups excluding tert-OH is 1. The second-order valence-corrected chi connectivity index (χ2v) is 7.51. The third-order valence-corrected chi connectivity index (χ3v) is 5.36. The lowest BCUT2D eigenvalue weighted by Gasteiger charge is -2.13. The lowest BCUT2D eigenvalue weighted by atomic mass is 10.3. The first-order valence-electron chi connectivity index (χ1n) is 8.45. The number of hydrogen-bond acceptors (Lipinski definition) is 5. The number of carbonyl (C=O) groups is 2. The Labute approximate surface area is 146 Å². The lowest BCUT2D eigenvalue weighted by Crippen LogP contribution is -2.40. The van der Waals surface area contributed by atoms with Gasteiger partial charge in [0.05, 0.1) is 6.10 Å². The highest BCUT2D eigenvalue weighted by atomic mass is 32.2. The fourth-order valence-corrected chi connectivity index (χ4v) is 3.92. The van der Waals surface area contributed by atoms with E-state index >= 15 is 0 Å². The van der Waals surface area contributed by atoms with Gasteiger partial charge in [0.2, 0.25) is 5.91 Å². The number of rotatable bonds is 9. The van der Waals surface area contributed by atoms with Crippen LogP contribution in [0.1, 0.15) is 48.4 Å². The zero-order chi connectivity index (χ0) is 17.4. The summed E-state index contributed by atoms with van der Waals surface area (Å²) >= 11 is 1.87. The second kappa shape index (κ2) is 9.74. The molecule has 134 valence electrons. The van der Waals surface area contributed by atoms with Crippen LogP contribution < -0.4 is 10.6 Å². The van der Waals surface area contributed by atoms with E-state index in [9.17, 15) is 14.7 Å². The molecule has 0 spiro atoms. The maximum absolute atomic E-state index is 11.8. The first kappa shape index (κ1) is 18.9. The molecule has 7 heteroatoms. The standard InChI is InChI=1S/C17H26N2O4S/c1-12-6-7-15(23-12)17(22)19-11-13(20)10-18-16(21)8-9-24-14-4-2-3-5-14/h6-7,13-14,20H,2-5,8-11H2,1H3,(H,18,21)(H,19,22). The molecule has 1 aromatic rings. The zero-order valence-electron chi connectivity index (χ0n) is 14.0. The minimum absolute atomic E-state index is 0.0625. The van der Waals surface area contributed by atoms with E-state index in [0.29, 0.717) is 17.4 Å². The van der Waals surface area contributed by atoms with Gasteiger partial charge >= 0.3 is 0 Å². The molecule has 0 saturated heterocycles. The van der Waals surface area contributed by atoms with E-state index in [0.717, 1.165) is 5.75 Å². The van der Waals surface area contributed by atoms with Crippen molar-refractivity contribution in [1.82, 2.24) is 10.6 Å². The Bertz CT molecular complexity index is 540. The number of carbonyl (C=O) groups excluding carboxylic acids is 2. The Hall–Kier alpha value is -1.47. The molecule has 1 atom stereocenters. The number of furan rings is 1. The van der Waals surface area contributed by atoms with Crippen LogP contribution in [0.5, 0.6) is 0 Å². The largest absolute Gasteiger partial charge is 0.456 e. The summed E-state index contributed by atoms with van der Waals surface area (Å²) in [4.78, 5) is 23.5. The van der Waals surface area contributed by atoms with Crippen molar-refractivity contribution in [2.24, 2.45) is 0 Å². The molecule has 0 radical (unpaired) electrons. The summed E-state index contributed by atoms with van der Waals surface area (Å²) in [5.41, 5.74) is 0. The maximum Gasteiger partial charge on any atom is 0.287 e. The fraction of sp³-hybridized carbons (Fsp3) is 0.647. The Morgan fingerprint density at radius 2 is 2.00 bits per heavy atom. The summed E-state index contributed by atoms with van der Waals surface area (Å²) in [6.07, 6.45) is 4.78. The lowest BCUT2D eigenvalue weighted by molar-refractivity contribution is -0.121. The molecular weight excluding hydrogens is 328 g/mol. The van der Waals surface area contributed by atoms with Crippen molar-refractivity contribution in [2.75, 3.05) is 18.8 Å². The normalized spacial score (nSPS) is 16.1. The van der Waals surface area contributed by atoms with Crippen LogP contribution in [0.2, 0.25) is 0 Å². The third-order valence-electron chi connectivity index (χ3n) is 3.98. The fourth-order valence-electron chi connectivity index (χ4n) is 2.62. The van der Waals surface area contributed by atoms with Crippen molar-refractivity contribution in [3.05, 3.63) is 23.7 Å².